The Kier molecular flexibility index (Phi) is 9.18. The van der Waals surface area contributed by atoms with Crippen LogP contribution in [0.15, 0.2) is 91.5 Å². The van der Waals surface area contributed by atoms with Crippen LogP contribution >= 0.6 is 11.6 Å². The normalized spacial score (nSPS) is 12.4. The van der Waals surface area contributed by atoms with E-state index in [0.717, 1.165) is 22.6 Å². The van der Waals surface area contributed by atoms with Gasteiger partial charge in [0.25, 0.3) is 0 Å². The summed E-state index contributed by atoms with van der Waals surface area (Å²) in [6, 6.07) is 26.0. The van der Waals surface area contributed by atoms with Crippen LogP contribution < -0.4 is 0 Å². The van der Waals surface area contributed by atoms with E-state index in [2.05, 4.69) is 28.3 Å². The van der Waals surface area contributed by atoms with E-state index in [1.54, 1.807) is 19.8 Å². The van der Waals surface area contributed by atoms with E-state index in [9.17, 15) is 0 Å². The molecule has 0 saturated heterocycles. The smallest absolute Gasteiger partial charge is 0.387 e. The Hall–Kier alpha value is -2.17. The minimum Gasteiger partial charge on any atom is -0.387 e. The van der Waals surface area contributed by atoms with Crippen LogP contribution in [-0.2, 0) is 28.2 Å². The van der Waals surface area contributed by atoms with Gasteiger partial charge in [-0.3, -0.25) is 0 Å². The number of hydrogen-bond donors (Lipinski definition) is 0. The van der Waals surface area contributed by atoms with Gasteiger partial charge in [0.15, 0.2) is 0 Å². The molecule has 4 rings (SSSR count). The first-order chi connectivity index (χ1) is 13.3. The fourth-order valence-electron chi connectivity index (χ4n) is 3.05. The molecule has 28 heavy (non-hydrogen) atoms. The third kappa shape index (κ3) is 6.18. The molecule has 0 aliphatic heterocycles. The molecule has 1 aromatic heterocycles. The van der Waals surface area contributed by atoms with Gasteiger partial charge in [-0.05, 0) is 24.1 Å². The zero-order valence-corrected chi connectivity index (χ0v) is 17.4. The van der Waals surface area contributed by atoms with Crippen molar-refractivity contribution in [2.24, 2.45) is 0 Å². The van der Waals surface area contributed by atoms with Gasteiger partial charge in [-0.1, -0.05) is 23.7 Å². The van der Waals surface area contributed by atoms with Gasteiger partial charge >= 0.3 is 17.1 Å². The molecule has 2 atom stereocenters. The largest absolute Gasteiger partial charge is 2.00 e. The van der Waals surface area contributed by atoms with E-state index in [-0.39, 0.29) is 29.2 Å². The summed E-state index contributed by atoms with van der Waals surface area (Å²) in [5.74, 6) is 0. The van der Waals surface area contributed by atoms with Crippen molar-refractivity contribution < 1.29 is 21.8 Å². The van der Waals surface area contributed by atoms with E-state index in [1.165, 1.54) is 0 Å². The SMILES string of the molecule is COC([c-]1cccc1)C(Cc1cccc(Cl)c1)n1cncn1.[Fe+2].c1cc[cH-]c1. The molecule has 4 nitrogen and oxygen atoms in total. The molecule has 2 unspecified atom stereocenters. The first-order valence-electron chi connectivity index (χ1n) is 8.77. The Morgan fingerprint density at radius 1 is 1.14 bits per heavy atom. The Bertz CT molecular complexity index is 859. The van der Waals surface area contributed by atoms with Crippen LogP contribution in [0.1, 0.15) is 23.3 Å². The van der Waals surface area contributed by atoms with Crippen molar-refractivity contribution in [2.75, 3.05) is 7.11 Å². The van der Waals surface area contributed by atoms with Gasteiger partial charge in [0, 0.05) is 12.1 Å². The zero-order chi connectivity index (χ0) is 18.9. The van der Waals surface area contributed by atoms with E-state index in [4.69, 9.17) is 16.3 Å². The maximum atomic E-state index is 6.10. The molecular formula is C22H22ClFeN3O. The molecule has 0 N–H and O–H groups in total. The number of ether oxygens (including phenoxy) is 1. The Morgan fingerprint density at radius 3 is 2.43 bits per heavy atom. The number of benzene rings is 1. The van der Waals surface area contributed by atoms with Gasteiger partial charge in [-0.25, -0.2) is 33.9 Å². The summed E-state index contributed by atoms with van der Waals surface area (Å²) in [5.41, 5.74) is 2.27. The first kappa shape index (κ1) is 22.1. The number of methoxy groups -OCH3 is 1. The average molecular weight is 436 g/mol. The molecule has 0 aliphatic carbocycles. The van der Waals surface area contributed by atoms with Gasteiger partial charge in [0.1, 0.15) is 12.7 Å². The molecule has 0 amide bonds. The number of hydrogen-bond acceptors (Lipinski definition) is 3. The van der Waals surface area contributed by atoms with Crippen LogP contribution in [0, 0.1) is 0 Å². The molecule has 146 valence electrons. The fourth-order valence-corrected chi connectivity index (χ4v) is 3.26. The number of nitrogens with zero attached hydrogens (tertiary/aromatic N) is 3. The van der Waals surface area contributed by atoms with Crippen molar-refractivity contribution in [3.63, 3.8) is 0 Å². The van der Waals surface area contributed by atoms with E-state index < -0.39 is 0 Å². The average Bonchev–Trinajstić information content (AvgIpc) is 3.46. The minimum absolute atomic E-state index is 0. The quantitative estimate of drug-likeness (QED) is 0.308. The minimum atomic E-state index is -0.101. The molecule has 0 fully saturated rings. The summed E-state index contributed by atoms with van der Waals surface area (Å²) in [6.45, 7) is 0. The predicted octanol–water partition coefficient (Wildman–Crippen LogP) is 5.22. The Morgan fingerprint density at radius 2 is 1.89 bits per heavy atom. The molecule has 6 heteroatoms. The number of halogens is 1. The van der Waals surface area contributed by atoms with E-state index in [0.29, 0.717) is 0 Å². The molecule has 0 saturated carbocycles. The summed E-state index contributed by atoms with van der Waals surface area (Å²) in [5, 5.41) is 5.04. The molecular weight excluding hydrogens is 414 g/mol. The van der Waals surface area contributed by atoms with E-state index >= 15 is 0 Å². The van der Waals surface area contributed by atoms with Crippen molar-refractivity contribution in [2.45, 2.75) is 18.6 Å². The summed E-state index contributed by atoms with van der Waals surface area (Å²) in [4.78, 5) is 4.07. The summed E-state index contributed by atoms with van der Waals surface area (Å²) in [7, 11) is 1.72. The first-order valence-corrected chi connectivity index (χ1v) is 9.15. The second kappa shape index (κ2) is 11.6. The molecule has 1 heterocycles. The summed E-state index contributed by atoms with van der Waals surface area (Å²) in [6.07, 6.45) is 3.93. The second-order valence-corrected chi connectivity index (χ2v) is 6.55. The molecule has 3 aromatic carbocycles. The Balaban J connectivity index is 0.000000408. The second-order valence-electron chi connectivity index (χ2n) is 6.11. The van der Waals surface area contributed by atoms with Crippen molar-refractivity contribution in [1.29, 1.82) is 0 Å². The van der Waals surface area contributed by atoms with Gasteiger partial charge in [-0.15, -0.1) is 5.56 Å². The monoisotopic (exact) mass is 435 g/mol. The summed E-state index contributed by atoms with van der Waals surface area (Å²) < 4.78 is 7.61. The molecule has 0 spiro atoms. The third-order valence-corrected chi connectivity index (χ3v) is 4.52. The Labute approximate surface area is 181 Å². The molecule has 0 bridgehead atoms. The topological polar surface area (TPSA) is 39.9 Å². The van der Waals surface area contributed by atoms with Gasteiger partial charge < -0.3 is 4.74 Å². The molecule has 0 aliphatic rings. The molecule has 4 aromatic rings. The van der Waals surface area contributed by atoms with Crippen LogP contribution in [0.25, 0.3) is 0 Å². The van der Waals surface area contributed by atoms with Crippen molar-refractivity contribution in [1.82, 2.24) is 14.8 Å². The van der Waals surface area contributed by atoms with Crippen LogP contribution in [0.5, 0.6) is 0 Å². The predicted molar refractivity (Wildman–Crippen MR) is 108 cm³/mol. The summed E-state index contributed by atoms with van der Waals surface area (Å²) >= 11 is 6.10. The number of rotatable bonds is 6. The maximum absolute atomic E-state index is 6.10. The van der Waals surface area contributed by atoms with E-state index in [1.807, 2.05) is 65.3 Å². The van der Waals surface area contributed by atoms with Gasteiger partial charge in [0.05, 0.1) is 12.1 Å². The van der Waals surface area contributed by atoms with Crippen molar-refractivity contribution in [3.8, 4) is 0 Å². The zero-order valence-electron chi connectivity index (χ0n) is 15.5. The van der Waals surface area contributed by atoms with Crippen molar-refractivity contribution >= 4 is 11.6 Å². The maximum Gasteiger partial charge on any atom is 2.00 e. The van der Waals surface area contributed by atoms with Gasteiger partial charge in [-0.2, -0.15) is 35.4 Å². The van der Waals surface area contributed by atoms with Crippen LogP contribution in [0.2, 0.25) is 5.02 Å². The van der Waals surface area contributed by atoms with Crippen LogP contribution in [0.3, 0.4) is 0 Å². The van der Waals surface area contributed by atoms with Gasteiger partial charge in [0.2, 0.25) is 0 Å². The fraction of sp³-hybridized carbons (Fsp3) is 0.182. The third-order valence-electron chi connectivity index (χ3n) is 4.29. The standard InChI is InChI=1S/C17H17ClN3O.C5H5.Fe/c1-22-17(14-6-2-3-7-14)16(21-12-19-11-20-21)10-13-5-4-8-15(18)9-13;1-2-4-5-3-1;/h2-9,11-12,16-17H,10H2,1H3;1-5H;/q2*-1;+2. The molecule has 0 radical (unpaired) electrons. The number of aromatic nitrogens is 3. The van der Waals surface area contributed by atoms with Crippen LogP contribution in [0.4, 0.5) is 0 Å². The van der Waals surface area contributed by atoms with Crippen LogP contribution in [-0.4, -0.2) is 21.9 Å². The van der Waals surface area contributed by atoms with Crippen molar-refractivity contribution in [3.05, 3.63) is 108 Å².